The second-order valence-corrected chi connectivity index (χ2v) is 7.67. The number of fused-ring (bicyclic) bond motifs is 4. The number of hydrogen-bond acceptors (Lipinski definition) is 3. The molecule has 0 bridgehead atoms. The van der Waals surface area contributed by atoms with Crippen LogP contribution in [0.25, 0.3) is 54.9 Å². The van der Waals surface area contributed by atoms with Crippen LogP contribution in [0, 0.1) is 0 Å². The topological polar surface area (TPSA) is 67.0 Å². The van der Waals surface area contributed by atoms with Crippen LogP contribution >= 0.6 is 0 Å². The van der Waals surface area contributed by atoms with Gasteiger partial charge in [0, 0.05) is 22.1 Å². The smallest absolute Gasteiger partial charge is 0.259 e. The molecule has 0 saturated heterocycles. The minimum absolute atomic E-state index is 0.103. The Balaban J connectivity index is 2.01. The van der Waals surface area contributed by atoms with Crippen LogP contribution in [0.2, 0.25) is 0 Å². The molecular weight excluding hydrogens is 386 g/mol. The van der Waals surface area contributed by atoms with Gasteiger partial charge in [-0.3, -0.25) is 19.4 Å². The highest BCUT2D eigenvalue weighted by Gasteiger charge is 2.27. The van der Waals surface area contributed by atoms with Crippen LogP contribution in [0.5, 0.6) is 0 Å². The molecule has 1 heterocycles. The van der Waals surface area contributed by atoms with Crippen molar-refractivity contribution in [2.45, 2.75) is 0 Å². The minimum atomic E-state index is -0.435. The molecule has 4 aromatic rings. The standard InChI is InChI=1S/C27H15NO3/c29-19-13-7-12-17-14-18-20(15-8-3-1-4-9-15)24-25(27(31)28-26(24)30)22(23(18)21(17)19)16-10-5-2-6-11-16/h1-14H,(H,28,30,31). The fraction of sp³-hybridized carbons (Fsp3) is 0. The van der Waals surface area contributed by atoms with Crippen LogP contribution in [-0.4, -0.2) is 4.98 Å². The second-order valence-electron chi connectivity index (χ2n) is 7.67. The molecule has 0 aliphatic heterocycles. The highest BCUT2D eigenvalue weighted by atomic mass is 16.2. The molecule has 0 amide bonds. The first kappa shape index (κ1) is 17.5. The Morgan fingerprint density at radius 3 is 1.68 bits per heavy atom. The fourth-order valence-corrected chi connectivity index (χ4v) is 4.75. The molecule has 31 heavy (non-hydrogen) atoms. The molecule has 6 rings (SSSR count). The molecule has 2 aliphatic rings. The van der Waals surface area contributed by atoms with E-state index in [1.807, 2.05) is 72.8 Å². The van der Waals surface area contributed by atoms with Gasteiger partial charge >= 0.3 is 0 Å². The van der Waals surface area contributed by atoms with Gasteiger partial charge in [-0.1, -0.05) is 72.8 Å². The average Bonchev–Trinajstić information content (AvgIpc) is 3.32. The average molecular weight is 401 g/mol. The van der Waals surface area contributed by atoms with Gasteiger partial charge in [0.1, 0.15) is 0 Å². The molecule has 4 heteroatoms. The zero-order valence-electron chi connectivity index (χ0n) is 16.3. The van der Waals surface area contributed by atoms with Gasteiger partial charge in [0.05, 0.1) is 10.8 Å². The molecule has 146 valence electrons. The number of benzene rings is 4. The number of aromatic amines is 1. The first-order valence-electron chi connectivity index (χ1n) is 10.0. The molecule has 0 radical (unpaired) electrons. The Hall–Kier alpha value is -4.31. The summed E-state index contributed by atoms with van der Waals surface area (Å²) in [5, 5.41) is 2.21. The molecule has 0 fully saturated rings. The van der Waals surface area contributed by atoms with Gasteiger partial charge in [-0.05, 0) is 34.2 Å². The van der Waals surface area contributed by atoms with E-state index in [9.17, 15) is 14.4 Å². The summed E-state index contributed by atoms with van der Waals surface area (Å²) < 4.78 is 0. The third kappa shape index (κ3) is 2.39. The molecule has 3 aromatic carbocycles. The third-order valence-corrected chi connectivity index (χ3v) is 5.95. The molecule has 0 saturated carbocycles. The van der Waals surface area contributed by atoms with Crippen molar-refractivity contribution >= 4 is 21.5 Å². The quantitative estimate of drug-likeness (QED) is 0.457. The second kappa shape index (κ2) is 6.34. The number of aromatic nitrogens is 1. The van der Waals surface area contributed by atoms with E-state index in [-0.39, 0.29) is 5.43 Å². The van der Waals surface area contributed by atoms with Crippen LogP contribution in [0.15, 0.2) is 99.3 Å². The zero-order valence-corrected chi connectivity index (χ0v) is 16.3. The monoisotopic (exact) mass is 401 g/mol. The number of hydrogen-bond donors (Lipinski definition) is 1. The van der Waals surface area contributed by atoms with E-state index in [1.54, 1.807) is 6.07 Å². The zero-order chi connectivity index (χ0) is 21.1. The fourth-order valence-electron chi connectivity index (χ4n) is 4.75. The number of rotatable bonds is 2. The van der Waals surface area contributed by atoms with E-state index >= 15 is 0 Å². The highest BCUT2D eigenvalue weighted by Crippen LogP contribution is 2.46. The summed E-state index contributed by atoms with van der Waals surface area (Å²) in [7, 11) is 0. The lowest BCUT2D eigenvalue weighted by atomic mass is 9.88. The van der Waals surface area contributed by atoms with Gasteiger partial charge in [-0.2, -0.15) is 0 Å². The van der Waals surface area contributed by atoms with E-state index in [1.165, 1.54) is 6.07 Å². The van der Waals surface area contributed by atoms with Gasteiger partial charge in [0.25, 0.3) is 11.1 Å². The predicted octanol–water partition coefficient (Wildman–Crippen LogP) is 4.72. The van der Waals surface area contributed by atoms with E-state index in [2.05, 4.69) is 4.98 Å². The lowest BCUT2D eigenvalue weighted by molar-refractivity contribution is 1.26. The van der Waals surface area contributed by atoms with E-state index in [4.69, 9.17) is 0 Å². The van der Waals surface area contributed by atoms with Crippen molar-refractivity contribution in [2.24, 2.45) is 0 Å². The minimum Gasteiger partial charge on any atom is -0.289 e. The van der Waals surface area contributed by atoms with Crippen LogP contribution in [-0.2, 0) is 0 Å². The summed E-state index contributed by atoms with van der Waals surface area (Å²) in [4.78, 5) is 41.5. The summed E-state index contributed by atoms with van der Waals surface area (Å²) in [5.74, 6) is 0. The first-order valence-corrected chi connectivity index (χ1v) is 10.0. The summed E-state index contributed by atoms with van der Waals surface area (Å²) in [6.45, 7) is 0. The van der Waals surface area contributed by atoms with Crippen molar-refractivity contribution in [2.75, 3.05) is 0 Å². The van der Waals surface area contributed by atoms with Crippen LogP contribution in [0.1, 0.15) is 0 Å². The molecule has 0 unspecified atom stereocenters. The van der Waals surface area contributed by atoms with Crippen molar-refractivity contribution < 1.29 is 0 Å². The van der Waals surface area contributed by atoms with Gasteiger partial charge in [0.15, 0.2) is 5.43 Å². The SMILES string of the molecule is O=c1cccc2cc3c(-c4ccccc4)c4c(=O)[nH]c(=O)c4c(-c4ccccc4)c3c1-2. The summed E-state index contributed by atoms with van der Waals surface area (Å²) in [6.07, 6.45) is 0. The van der Waals surface area contributed by atoms with Crippen LogP contribution in [0.4, 0.5) is 0 Å². The van der Waals surface area contributed by atoms with Gasteiger partial charge in [-0.25, -0.2) is 0 Å². The maximum Gasteiger partial charge on any atom is 0.259 e. The van der Waals surface area contributed by atoms with Crippen molar-refractivity contribution in [1.82, 2.24) is 4.98 Å². The van der Waals surface area contributed by atoms with Gasteiger partial charge in [0.2, 0.25) is 0 Å². The number of H-pyrrole nitrogens is 1. The lowest BCUT2D eigenvalue weighted by Gasteiger charge is -2.12. The molecule has 4 nitrogen and oxygen atoms in total. The summed E-state index contributed by atoms with van der Waals surface area (Å²) >= 11 is 0. The molecule has 0 atom stereocenters. The molecular formula is C27H15NO3. The molecule has 0 spiro atoms. The Morgan fingerprint density at radius 1 is 0.484 bits per heavy atom. The van der Waals surface area contributed by atoms with Gasteiger partial charge in [-0.15, -0.1) is 0 Å². The molecule has 1 N–H and O–H groups in total. The Bertz CT molecular complexity index is 1720. The lowest BCUT2D eigenvalue weighted by Crippen LogP contribution is -2.06. The van der Waals surface area contributed by atoms with Gasteiger partial charge < -0.3 is 0 Å². The van der Waals surface area contributed by atoms with Crippen LogP contribution in [0.3, 0.4) is 0 Å². The molecule has 1 aromatic heterocycles. The van der Waals surface area contributed by atoms with E-state index < -0.39 is 11.1 Å². The summed E-state index contributed by atoms with van der Waals surface area (Å²) in [5.41, 5.74) is 3.36. The third-order valence-electron chi connectivity index (χ3n) is 5.95. The van der Waals surface area contributed by atoms with Crippen molar-refractivity contribution in [3.63, 3.8) is 0 Å². The van der Waals surface area contributed by atoms with Crippen molar-refractivity contribution in [1.29, 1.82) is 0 Å². The predicted molar refractivity (Wildman–Crippen MR) is 124 cm³/mol. The van der Waals surface area contributed by atoms with Crippen molar-refractivity contribution in [3.8, 4) is 33.4 Å². The Morgan fingerprint density at radius 2 is 1.03 bits per heavy atom. The Labute approximate surface area is 176 Å². The van der Waals surface area contributed by atoms with Crippen LogP contribution < -0.4 is 16.5 Å². The van der Waals surface area contributed by atoms with E-state index in [0.717, 1.165) is 22.1 Å². The molecule has 2 aliphatic carbocycles. The normalized spacial score (nSPS) is 11.6. The first-order chi connectivity index (χ1) is 15.1. The number of nitrogens with one attached hydrogen (secondary N) is 1. The Kier molecular flexibility index (Phi) is 3.59. The van der Waals surface area contributed by atoms with Crippen molar-refractivity contribution in [3.05, 3.63) is 116 Å². The highest BCUT2D eigenvalue weighted by molar-refractivity contribution is 6.26. The maximum absolute atomic E-state index is 13.0. The van der Waals surface area contributed by atoms with E-state index in [0.29, 0.717) is 32.8 Å². The largest absolute Gasteiger partial charge is 0.289 e. The summed E-state index contributed by atoms with van der Waals surface area (Å²) in [6, 6.07) is 26.1. The maximum atomic E-state index is 13.0.